The van der Waals surface area contributed by atoms with Crippen molar-refractivity contribution >= 4 is 22.8 Å². The Bertz CT molecular complexity index is 704. The van der Waals surface area contributed by atoms with Crippen LogP contribution in [0.5, 0.6) is 5.75 Å². The summed E-state index contributed by atoms with van der Waals surface area (Å²) < 4.78 is 10.9. The molecule has 20 heavy (non-hydrogen) atoms. The number of nitrogens with two attached hydrogens (primary N) is 1. The van der Waals surface area contributed by atoms with Gasteiger partial charge in [-0.05, 0) is 30.3 Å². The van der Waals surface area contributed by atoms with E-state index in [2.05, 4.69) is 10.3 Å². The summed E-state index contributed by atoms with van der Waals surface area (Å²) in [5.74, 6) is 0.780. The number of aromatic nitrogens is 1. The van der Waals surface area contributed by atoms with Crippen molar-refractivity contribution in [2.45, 2.75) is 6.54 Å². The maximum atomic E-state index is 5.79. The maximum Gasteiger partial charge on any atom is 0.295 e. The number of nitrogens with one attached hydrogen (secondary N) is 1. The lowest BCUT2D eigenvalue weighted by Gasteiger charge is -2.09. The molecule has 5 nitrogen and oxygen atoms in total. The van der Waals surface area contributed by atoms with Crippen molar-refractivity contribution < 1.29 is 9.15 Å². The van der Waals surface area contributed by atoms with E-state index in [-0.39, 0.29) is 0 Å². The van der Waals surface area contributed by atoms with Crippen LogP contribution in [0.2, 0.25) is 0 Å². The minimum Gasteiger partial charge on any atom is -0.496 e. The molecule has 0 saturated heterocycles. The van der Waals surface area contributed by atoms with Crippen LogP contribution in [0.15, 0.2) is 46.9 Å². The summed E-state index contributed by atoms with van der Waals surface area (Å²) in [5, 5.41) is 3.14. The number of methoxy groups -OCH3 is 1. The first kappa shape index (κ1) is 12.3. The van der Waals surface area contributed by atoms with Crippen LogP contribution in [-0.2, 0) is 6.54 Å². The maximum absolute atomic E-state index is 5.79. The lowest BCUT2D eigenvalue weighted by molar-refractivity contribution is 0.410. The molecule has 0 aliphatic rings. The molecule has 0 saturated carbocycles. The minimum absolute atomic E-state index is 0.482. The van der Waals surface area contributed by atoms with Crippen molar-refractivity contribution in [1.82, 2.24) is 4.98 Å². The molecule has 102 valence electrons. The van der Waals surface area contributed by atoms with E-state index in [0.29, 0.717) is 18.2 Å². The normalized spacial score (nSPS) is 10.7. The second-order valence-corrected chi connectivity index (χ2v) is 4.41. The third-order valence-electron chi connectivity index (χ3n) is 3.03. The van der Waals surface area contributed by atoms with Crippen LogP contribution in [0.4, 0.5) is 11.7 Å². The standard InChI is InChI=1S/C15H15N3O2/c1-19-13-7-6-11(16)8-10(13)9-17-15-18-12-4-2-3-5-14(12)20-15/h2-8H,9,16H2,1H3,(H,17,18). The zero-order valence-electron chi connectivity index (χ0n) is 11.1. The number of oxazole rings is 1. The van der Waals surface area contributed by atoms with Gasteiger partial charge in [-0.1, -0.05) is 12.1 Å². The number of rotatable bonds is 4. The van der Waals surface area contributed by atoms with Crippen LogP contribution in [0.3, 0.4) is 0 Å². The van der Waals surface area contributed by atoms with Gasteiger partial charge in [0, 0.05) is 17.8 Å². The van der Waals surface area contributed by atoms with Crippen LogP contribution < -0.4 is 15.8 Å². The summed E-state index contributed by atoms with van der Waals surface area (Å²) in [5.41, 5.74) is 9.03. The zero-order chi connectivity index (χ0) is 13.9. The Morgan fingerprint density at radius 1 is 1.25 bits per heavy atom. The van der Waals surface area contributed by atoms with E-state index >= 15 is 0 Å². The molecule has 3 aromatic rings. The number of para-hydroxylation sites is 2. The number of nitrogen functional groups attached to an aromatic ring is 1. The fourth-order valence-electron chi connectivity index (χ4n) is 2.06. The van der Waals surface area contributed by atoms with Crippen molar-refractivity contribution in [3.05, 3.63) is 48.0 Å². The van der Waals surface area contributed by atoms with Crippen molar-refractivity contribution in [3.8, 4) is 5.75 Å². The molecule has 5 heteroatoms. The average molecular weight is 269 g/mol. The molecule has 0 bridgehead atoms. The summed E-state index contributed by atoms with van der Waals surface area (Å²) in [6, 6.07) is 13.6. The van der Waals surface area contributed by atoms with Gasteiger partial charge in [0.25, 0.3) is 6.01 Å². The summed E-state index contributed by atoms with van der Waals surface area (Å²) in [6.07, 6.45) is 0. The summed E-state index contributed by atoms with van der Waals surface area (Å²) in [4.78, 5) is 4.36. The summed E-state index contributed by atoms with van der Waals surface area (Å²) >= 11 is 0. The number of hydrogen-bond donors (Lipinski definition) is 2. The van der Waals surface area contributed by atoms with Crippen LogP contribution in [0.25, 0.3) is 11.1 Å². The smallest absolute Gasteiger partial charge is 0.295 e. The van der Waals surface area contributed by atoms with Gasteiger partial charge in [-0.2, -0.15) is 4.98 Å². The fourth-order valence-corrected chi connectivity index (χ4v) is 2.06. The van der Waals surface area contributed by atoms with E-state index in [1.807, 2.05) is 42.5 Å². The highest BCUT2D eigenvalue weighted by atomic mass is 16.5. The number of hydrogen-bond acceptors (Lipinski definition) is 5. The Labute approximate surface area is 116 Å². The van der Waals surface area contributed by atoms with E-state index in [1.165, 1.54) is 0 Å². The third kappa shape index (κ3) is 2.38. The van der Waals surface area contributed by atoms with Crippen LogP contribution in [-0.4, -0.2) is 12.1 Å². The lowest BCUT2D eigenvalue weighted by Crippen LogP contribution is -2.02. The Balaban J connectivity index is 1.80. The van der Waals surface area contributed by atoms with E-state index in [9.17, 15) is 0 Å². The molecule has 3 rings (SSSR count). The molecule has 1 aromatic heterocycles. The number of anilines is 2. The van der Waals surface area contributed by atoms with E-state index in [0.717, 1.165) is 22.4 Å². The van der Waals surface area contributed by atoms with Crippen LogP contribution in [0.1, 0.15) is 5.56 Å². The number of benzene rings is 2. The monoisotopic (exact) mass is 269 g/mol. The Morgan fingerprint density at radius 3 is 2.90 bits per heavy atom. The lowest BCUT2D eigenvalue weighted by atomic mass is 10.2. The van der Waals surface area contributed by atoms with Gasteiger partial charge < -0.3 is 20.2 Å². The predicted molar refractivity (Wildman–Crippen MR) is 78.7 cm³/mol. The highest BCUT2D eigenvalue weighted by molar-refractivity contribution is 5.74. The molecule has 0 fully saturated rings. The van der Waals surface area contributed by atoms with Crippen LogP contribution >= 0.6 is 0 Å². The molecular weight excluding hydrogens is 254 g/mol. The molecular formula is C15H15N3O2. The van der Waals surface area contributed by atoms with Gasteiger partial charge in [0.15, 0.2) is 5.58 Å². The quantitative estimate of drug-likeness (QED) is 0.712. The van der Waals surface area contributed by atoms with Gasteiger partial charge in [0.2, 0.25) is 0 Å². The first-order valence-corrected chi connectivity index (χ1v) is 6.28. The minimum atomic E-state index is 0.482. The first-order chi connectivity index (χ1) is 9.76. The number of nitrogens with zero attached hydrogens (tertiary/aromatic N) is 1. The summed E-state index contributed by atoms with van der Waals surface area (Å²) in [6.45, 7) is 0.529. The molecule has 3 N–H and O–H groups in total. The van der Waals surface area contributed by atoms with Gasteiger partial charge in [-0.15, -0.1) is 0 Å². The molecule has 0 spiro atoms. The second kappa shape index (κ2) is 5.13. The van der Waals surface area contributed by atoms with Gasteiger partial charge in [0.1, 0.15) is 11.3 Å². The SMILES string of the molecule is COc1ccc(N)cc1CNc1nc2ccccc2o1. The van der Waals surface area contributed by atoms with E-state index < -0.39 is 0 Å². The van der Waals surface area contributed by atoms with Crippen LogP contribution in [0, 0.1) is 0 Å². The largest absolute Gasteiger partial charge is 0.496 e. The van der Waals surface area contributed by atoms with E-state index in [4.69, 9.17) is 14.9 Å². The fraction of sp³-hybridized carbons (Fsp3) is 0.133. The second-order valence-electron chi connectivity index (χ2n) is 4.41. The van der Waals surface area contributed by atoms with E-state index in [1.54, 1.807) is 7.11 Å². The Hall–Kier alpha value is -2.69. The third-order valence-corrected chi connectivity index (χ3v) is 3.03. The molecule has 0 atom stereocenters. The average Bonchev–Trinajstić information content (AvgIpc) is 2.88. The Morgan fingerprint density at radius 2 is 2.10 bits per heavy atom. The van der Waals surface area contributed by atoms with Gasteiger partial charge in [-0.25, -0.2) is 0 Å². The molecule has 1 heterocycles. The molecule has 0 aliphatic carbocycles. The predicted octanol–water partition coefficient (Wildman–Crippen LogP) is 3.03. The number of fused-ring (bicyclic) bond motifs is 1. The molecule has 0 unspecified atom stereocenters. The zero-order valence-corrected chi connectivity index (χ0v) is 11.1. The van der Waals surface area contributed by atoms with Crippen molar-refractivity contribution in [2.75, 3.05) is 18.2 Å². The Kier molecular flexibility index (Phi) is 3.16. The van der Waals surface area contributed by atoms with Crippen molar-refractivity contribution in [1.29, 1.82) is 0 Å². The highest BCUT2D eigenvalue weighted by Crippen LogP contribution is 2.23. The van der Waals surface area contributed by atoms with Gasteiger partial charge in [0.05, 0.1) is 7.11 Å². The molecule has 0 radical (unpaired) electrons. The van der Waals surface area contributed by atoms with Gasteiger partial charge in [-0.3, -0.25) is 0 Å². The number of ether oxygens (including phenoxy) is 1. The topological polar surface area (TPSA) is 73.3 Å². The summed E-state index contributed by atoms with van der Waals surface area (Å²) in [7, 11) is 1.63. The highest BCUT2D eigenvalue weighted by Gasteiger charge is 2.07. The van der Waals surface area contributed by atoms with Crippen molar-refractivity contribution in [2.24, 2.45) is 0 Å². The molecule has 0 amide bonds. The van der Waals surface area contributed by atoms with Crippen molar-refractivity contribution in [3.63, 3.8) is 0 Å². The van der Waals surface area contributed by atoms with Gasteiger partial charge >= 0.3 is 0 Å². The first-order valence-electron chi connectivity index (χ1n) is 6.28. The molecule has 0 aliphatic heterocycles. The molecule has 2 aromatic carbocycles.